The lowest BCUT2D eigenvalue weighted by molar-refractivity contribution is 0.234. The molecule has 1 aliphatic rings. The Labute approximate surface area is 127 Å². The largest absolute Gasteiger partial charge is 0.338 e. The average Bonchev–Trinajstić information content (AvgIpc) is 3.08. The minimum atomic E-state index is -0.383. The molecule has 3 rings (SSSR count). The van der Waals surface area contributed by atoms with Crippen LogP contribution in [-0.2, 0) is 5.41 Å². The van der Waals surface area contributed by atoms with Gasteiger partial charge in [0.25, 0.3) is 0 Å². The van der Waals surface area contributed by atoms with E-state index in [0.29, 0.717) is 23.2 Å². The summed E-state index contributed by atoms with van der Waals surface area (Å²) in [5.41, 5.74) is 0.440. The molecular formula is C15H17ClFN3O. The molecule has 112 valence electrons. The number of rotatable bonds is 3. The number of hydrogen-bond donors (Lipinski definition) is 1. The van der Waals surface area contributed by atoms with Crippen LogP contribution in [0.2, 0.25) is 5.02 Å². The van der Waals surface area contributed by atoms with Gasteiger partial charge in [0.2, 0.25) is 11.7 Å². The number of halogens is 2. The van der Waals surface area contributed by atoms with Gasteiger partial charge in [0, 0.05) is 12.1 Å². The molecule has 4 nitrogen and oxygen atoms in total. The lowest BCUT2D eigenvalue weighted by Gasteiger charge is -2.28. The summed E-state index contributed by atoms with van der Waals surface area (Å²) in [7, 11) is 0. The van der Waals surface area contributed by atoms with Crippen LogP contribution >= 0.6 is 11.6 Å². The predicted molar refractivity (Wildman–Crippen MR) is 78.7 cm³/mol. The second-order valence-electron chi connectivity index (χ2n) is 5.78. The van der Waals surface area contributed by atoms with Crippen molar-refractivity contribution in [2.45, 2.75) is 25.7 Å². The van der Waals surface area contributed by atoms with Crippen LogP contribution < -0.4 is 5.32 Å². The first kappa shape index (κ1) is 14.5. The fourth-order valence-corrected chi connectivity index (χ4v) is 3.09. The molecule has 0 spiro atoms. The SMILES string of the molecule is CC(C)C1(c2nc(-c3ccc(F)cc3Cl)no2)CCNC1. The van der Waals surface area contributed by atoms with Crippen molar-refractivity contribution < 1.29 is 8.91 Å². The fraction of sp³-hybridized carbons (Fsp3) is 0.467. The summed E-state index contributed by atoms with van der Waals surface area (Å²) in [5.74, 6) is 1.02. The molecule has 1 aliphatic heterocycles. The number of aromatic nitrogens is 2. The second kappa shape index (κ2) is 5.39. The van der Waals surface area contributed by atoms with E-state index in [-0.39, 0.29) is 16.3 Å². The van der Waals surface area contributed by atoms with Crippen molar-refractivity contribution in [3.05, 3.63) is 34.9 Å². The minimum absolute atomic E-state index is 0.141. The molecule has 0 aliphatic carbocycles. The van der Waals surface area contributed by atoms with Gasteiger partial charge < -0.3 is 9.84 Å². The van der Waals surface area contributed by atoms with E-state index in [1.807, 2.05) is 0 Å². The van der Waals surface area contributed by atoms with E-state index in [0.717, 1.165) is 19.5 Å². The first-order chi connectivity index (χ1) is 10.0. The molecule has 1 saturated heterocycles. The highest BCUT2D eigenvalue weighted by Gasteiger charge is 2.43. The van der Waals surface area contributed by atoms with Crippen molar-refractivity contribution in [2.75, 3.05) is 13.1 Å². The zero-order valence-corrected chi connectivity index (χ0v) is 12.7. The molecule has 21 heavy (non-hydrogen) atoms. The molecule has 1 N–H and O–H groups in total. The van der Waals surface area contributed by atoms with Gasteiger partial charge in [-0.25, -0.2) is 4.39 Å². The Balaban J connectivity index is 2.00. The van der Waals surface area contributed by atoms with E-state index in [1.165, 1.54) is 12.1 Å². The van der Waals surface area contributed by atoms with E-state index in [2.05, 4.69) is 29.3 Å². The number of hydrogen-bond acceptors (Lipinski definition) is 4. The summed E-state index contributed by atoms with van der Waals surface area (Å²) >= 11 is 6.06. The smallest absolute Gasteiger partial charge is 0.234 e. The van der Waals surface area contributed by atoms with Crippen LogP contribution in [0.3, 0.4) is 0 Å². The van der Waals surface area contributed by atoms with Crippen LogP contribution in [0.1, 0.15) is 26.2 Å². The molecule has 1 fully saturated rings. The van der Waals surface area contributed by atoms with Gasteiger partial charge in [0.1, 0.15) is 5.82 Å². The van der Waals surface area contributed by atoms with E-state index < -0.39 is 0 Å². The quantitative estimate of drug-likeness (QED) is 0.944. The average molecular weight is 310 g/mol. The molecule has 1 unspecified atom stereocenters. The molecule has 1 atom stereocenters. The molecule has 1 aromatic heterocycles. The van der Waals surface area contributed by atoms with Crippen LogP contribution in [0.5, 0.6) is 0 Å². The van der Waals surface area contributed by atoms with Gasteiger partial charge in [-0.3, -0.25) is 0 Å². The van der Waals surface area contributed by atoms with Gasteiger partial charge in [0.15, 0.2) is 0 Å². The van der Waals surface area contributed by atoms with Crippen LogP contribution in [0.4, 0.5) is 4.39 Å². The molecule has 0 radical (unpaired) electrons. The Morgan fingerprint density at radius 3 is 2.86 bits per heavy atom. The van der Waals surface area contributed by atoms with E-state index in [1.54, 1.807) is 6.07 Å². The van der Waals surface area contributed by atoms with Crippen molar-refractivity contribution in [2.24, 2.45) is 5.92 Å². The predicted octanol–water partition coefficient (Wildman–Crippen LogP) is 3.42. The van der Waals surface area contributed by atoms with Crippen LogP contribution in [0, 0.1) is 11.7 Å². The Bertz CT molecular complexity index is 650. The third-order valence-electron chi connectivity index (χ3n) is 4.32. The first-order valence-corrected chi connectivity index (χ1v) is 7.41. The van der Waals surface area contributed by atoms with E-state index >= 15 is 0 Å². The maximum Gasteiger partial charge on any atom is 0.234 e. The first-order valence-electron chi connectivity index (χ1n) is 7.03. The molecule has 0 amide bonds. The normalized spacial score (nSPS) is 22.1. The number of nitrogens with one attached hydrogen (secondary N) is 1. The summed E-state index contributed by atoms with van der Waals surface area (Å²) in [6, 6.07) is 4.16. The van der Waals surface area contributed by atoms with Crippen molar-refractivity contribution in [1.82, 2.24) is 15.5 Å². The molecular weight excluding hydrogens is 293 g/mol. The van der Waals surface area contributed by atoms with E-state index in [4.69, 9.17) is 16.1 Å². The Hall–Kier alpha value is -1.46. The van der Waals surface area contributed by atoms with Crippen molar-refractivity contribution in [3.63, 3.8) is 0 Å². The zero-order valence-electron chi connectivity index (χ0n) is 12.0. The Kier molecular flexibility index (Phi) is 3.71. The standard InChI is InChI=1S/C15H17ClFN3O/c1-9(2)15(5-6-18-8-15)14-19-13(20-21-14)11-4-3-10(17)7-12(11)16/h3-4,7,9,18H,5-6,8H2,1-2H3. The fourth-order valence-electron chi connectivity index (χ4n) is 2.84. The zero-order chi connectivity index (χ0) is 15.0. The second-order valence-corrected chi connectivity index (χ2v) is 6.19. The van der Waals surface area contributed by atoms with E-state index in [9.17, 15) is 4.39 Å². The highest BCUT2D eigenvalue weighted by atomic mass is 35.5. The third-order valence-corrected chi connectivity index (χ3v) is 4.63. The van der Waals surface area contributed by atoms with Crippen molar-refractivity contribution in [1.29, 1.82) is 0 Å². The lowest BCUT2D eigenvalue weighted by Crippen LogP contribution is -2.35. The van der Waals surface area contributed by atoms with Gasteiger partial charge >= 0.3 is 0 Å². The van der Waals surface area contributed by atoms with Crippen LogP contribution in [0.25, 0.3) is 11.4 Å². The minimum Gasteiger partial charge on any atom is -0.338 e. The molecule has 2 aromatic rings. The molecule has 6 heteroatoms. The lowest BCUT2D eigenvalue weighted by atomic mass is 9.76. The highest BCUT2D eigenvalue weighted by Crippen LogP contribution is 2.38. The summed E-state index contributed by atoms with van der Waals surface area (Å²) in [4.78, 5) is 4.52. The number of benzene rings is 1. The Morgan fingerprint density at radius 1 is 1.43 bits per heavy atom. The molecule has 0 bridgehead atoms. The maximum absolute atomic E-state index is 13.1. The third kappa shape index (κ3) is 2.45. The highest BCUT2D eigenvalue weighted by molar-refractivity contribution is 6.33. The summed E-state index contributed by atoms with van der Waals surface area (Å²) < 4.78 is 18.6. The Morgan fingerprint density at radius 2 is 2.24 bits per heavy atom. The summed E-state index contributed by atoms with van der Waals surface area (Å²) in [6.07, 6.45) is 0.962. The van der Waals surface area contributed by atoms with Crippen LogP contribution in [-0.4, -0.2) is 23.2 Å². The van der Waals surface area contributed by atoms with Gasteiger partial charge in [-0.2, -0.15) is 4.98 Å². The molecule has 0 saturated carbocycles. The molecule has 1 aromatic carbocycles. The van der Waals surface area contributed by atoms with Gasteiger partial charge in [0.05, 0.1) is 10.4 Å². The van der Waals surface area contributed by atoms with Crippen LogP contribution in [0.15, 0.2) is 22.7 Å². The van der Waals surface area contributed by atoms with Gasteiger partial charge in [-0.1, -0.05) is 30.6 Å². The van der Waals surface area contributed by atoms with Crippen molar-refractivity contribution >= 4 is 11.6 Å². The van der Waals surface area contributed by atoms with Crippen molar-refractivity contribution in [3.8, 4) is 11.4 Å². The summed E-state index contributed by atoms with van der Waals surface area (Å²) in [6.45, 7) is 6.07. The van der Waals surface area contributed by atoms with Gasteiger partial charge in [-0.15, -0.1) is 0 Å². The molecule has 2 heterocycles. The summed E-state index contributed by atoms with van der Waals surface area (Å²) in [5, 5.41) is 7.67. The van der Waals surface area contributed by atoms with Gasteiger partial charge in [-0.05, 0) is 37.1 Å². The maximum atomic E-state index is 13.1. The topological polar surface area (TPSA) is 51.0 Å². The number of nitrogens with zero attached hydrogens (tertiary/aromatic N) is 2. The monoisotopic (exact) mass is 309 g/mol.